The molecule has 0 aliphatic heterocycles. The van der Waals surface area contributed by atoms with Gasteiger partial charge in [-0.25, -0.2) is 0 Å². The molecule has 0 atom stereocenters. The third kappa shape index (κ3) is 1.52. The molecule has 0 radical (unpaired) electrons. The maximum absolute atomic E-state index is 12.9. The van der Waals surface area contributed by atoms with Crippen molar-refractivity contribution in [3.8, 4) is 0 Å². The summed E-state index contributed by atoms with van der Waals surface area (Å²) in [5.41, 5.74) is 0.470. The maximum Gasteiger partial charge on any atom is 0.305 e. The second-order valence-corrected chi connectivity index (χ2v) is 3.24. The summed E-state index contributed by atoms with van der Waals surface area (Å²) in [6.07, 6.45) is 2.12. The van der Waals surface area contributed by atoms with Crippen LogP contribution in [0.4, 0.5) is 10.1 Å². The van der Waals surface area contributed by atoms with E-state index in [4.69, 9.17) is 0 Å². The van der Waals surface area contributed by atoms with E-state index in [0.717, 1.165) is 18.4 Å². The standard InChI is InChI=1S/C9H8FNO2/c10-8-4-3-7(6-1-2-6)5-9(8)11(12)13/h3-6H,1-2H2. The molecule has 1 aliphatic rings. The van der Waals surface area contributed by atoms with E-state index >= 15 is 0 Å². The molecule has 0 spiro atoms. The van der Waals surface area contributed by atoms with E-state index in [1.807, 2.05) is 0 Å². The average molecular weight is 181 g/mol. The summed E-state index contributed by atoms with van der Waals surface area (Å²) in [6, 6.07) is 4.14. The van der Waals surface area contributed by atoms with Crippen LogP contribution in [0.25, 0.3) is 0 Å². The van der Waals surface area contributed by atoms with E-state index < -0.39 is 16.4 Å². The van der Waals surface area contributed by atoms with Gasteiger partial charge in [0.15, 0.2) is 0 Å². The molecule has 1 aromatic carbocycles. The van der Waals surface area contributed by atoms with Gasteiger partial charge in [0.25, 0.3) is 0 Å². The molecule has 1 aromatic rings. The van der Waals surface area contributed by atoms with E-state index in [1.54, 1.807) is 6.07 Å². The van der Waals surface area contributed by atoms with Crippen LogP contribution in [-0.2, 0) is 0 Å². The first kappa shape index (κ1) is 8.16. The number of nitro groups is 1. The highest BCUT2D eigenvalue weighted by Gasteiger charge is 2.26. The van der Waals surface area contributed by atoms with Gasteiger partial charge < -0.3 is 0 Å². The van der Waals surface area contributed by atoms with Gasteiger partial charge in [0.1, 0.15) is 0 Å². The van der Waals surface area contributed by atoms with E-state index in [2.05, 4.69) is 0 Å². The van der Waals surface area contributed by atoms with Crippen LogP contribution in [0.3, 0.4) is 0 Å². The van der Waals surface area contributed by atoms with Crippen LogP contribution in [0.2, 0.25) is 0 Å². The smallest absolute Gasteiger partial charge is 0.258 e. The van der Waals surface area contributed by atoms with Crippen LogP contribution in [0.5, 0.6) is 0 Å². The van der Waals surface area contributed by atoms with Crippen molar-refractivity contribution in [2.24, 2.45) is 0 Å². The highest BCUT2D eigenvalue weighted by Crippen LogP contribution is 2.41. The molecule has 0 aromatic heterocycles. The van der Waals surface area contributed by atoms with Crippen LogP contribution < -0.4 is 0 Å². The highest BCUT2D eigenvalue weighted by molar-refractivity contribution is 5.39. The Hall–Kier alpha value is -1.45. The van der Waals surface area contributed by atoms with E-state index in [-0.39, 0.29) is 0 Å². The molecule has 1 aliphatic carbocycles. The zero-order valence-corrected chi connectivity index (χ0v) is 6.87. The summed E-state index contributed by atoms with van der Waals surface area (Å²) < 4.78 is 12.9. The van der Waals surface area contributed by atoms with Crippen molar-refractivity contribution in [1.29, 1.82) is 0 Å². The van der Waals surface area contributed by atoms with E-state index in [0.29, 0.717) is 5.92 Å². The zero-order valence-electron chi connectivity index (χ0n) is 6.87. The van der Waals surface area contributed by atoms with Gasteiger partial charge in [0.05, 0.1) is 4.92 Å². The fourth-order valence-electron chi connectivity index (χ4n) is 1.34. The lowest BCUT2D eigenvalue weighted by atomic mass is 10.1. The van der Waals surface area contributed by atoms with Crippen molar-refractivity contribution in [2.45, 2.75) is 18.8 Å². The number of nitrogens with zero attached hydrogens (tertiary/aromatic N) is 1. The first-order chi connectivity index (χ1) is 6.18. The van der Waals surface area contributed by atoms with Gasteiger partial charge in [-0.1, -0.05) is 6.07 Å². The Labute approximate surface area is 74.3 Å². The van der Waals surface area contributed by atoms with E-state index in [1.165, 1.54) is 12.1 Å². The first-order valence-electron chi connectivity index (χ1n) is 4.12. The third-order valence-electron chi connectivity index (χ3n) is 2.22. The van der Waals surface area contributed by atoms with Crippen molar-refractivity contribution >= 4 is 5.69 Å². The van der Waals surface area contributed by atoms with Gasteiger partial charge in [-0.15, -0.1) is 0 Å². The normalized spacial score (nSPS) is 15.8. The Morgan fingerprint density at radius 2 is 2.15 bits per heavy atom. The Bertz CT molecular complexity index is 361. The highest BCUT2D eigenvalue weighted by atomic mass is 19.1. The number of benzene rings is 1. The largest absolute Gasteiger partial charge is 0.305 e. The zero-order chi connectivity index (χ0) is 9.42. The molecule has 0 bridgehead atoms. The number of rotatable bonds is 2. The molecular weight excluding hydrogens is 173 g/mol. The minimum absolute atomic E-state index is 0.413. The molecule has 2 rings (SSSR count). The van der Waals surface area contributed by atoms with Crippen molar-refractivity contribution in [2.75, 3.05) is 0 Å². The number of halogens is 1. The number of hydrogen-bond acceptors (Lipinski definition) is 2. The monoisotopic (exact) mass is 181 g/mol. The molecule has 3 nitrogen and oxygen atoms in total. The Morgan fingerprint density at radius 1 is 1.46 bits per heavy atom. The van der Waals surface area contributed by atoms with Crippen LogP contribution >= 0.6 is 0 Å². The summed E-state index contributed by atoms with van der Waals surface area (Å²) >= 11 is 0. The van der Waals surface area contributed by atoms with Gasteiger partial charge >= 0.3 is 5.69 Å². The second kappa shape index (κ2) is 2.80. The average Bonchev–Trinajstić information content (AvgIpc) is 2.87. The predicted molar refractivity (Wildman–Crippen MR) is 45.0 cm³/mol. The lowest BCUT2D eigenvalue weighted by Gasteiger charge is -1.98. The van der Waals surface area contributed by atoms with Crippen LogP contribution in [0, 0.1) is 15.9 Å². The minimum atomic E-state index is -0.755. The van der Waals surface area contributed by atoms with Crippen LogP contribution in [0.15, 0.2) is 18.2 Å². The molecule has 0 amide bonds. The quantitative estimate of drug-likeness (QED) is 0.519. The van der Waals surface area contributed by atoms with Crippen LogP contribution in [0.1, 0.15) is 24.3 Å². The number of nitro benzene ring substituents is 1. The first-order valence-corrected chi connectivity index (χ1v) is 4.12. The summed E-state index contributed by atoms with van der Waals surface area (Å²) in [4.78, 5) is 9.70. The summed E-state index contributed by atoms with van der Waals surface area (Å²) in [5.74, 6) is -0.339. The molecule has 1 saturated carbocycles. The van der Waals surface area contributed by atoms with Crippen molar-refractivity contribution in [1.82, 2.24) is 0 Å². The van der Waals surface area contributed by atoms with E-state index in [9.17, 15) is 14.5 Å². The maximum atomic E-state index is 12.9. The molecule has 13 heavy (non-hydrogen) atoms. The molecule has 1 fully saturated rings. The molecule has 0 heterocycles. The van der Waals surface area contributed by atoms with Gasteiger partial charge in [0, 0.05) is 6.07 Å². The second-order valence-electron chi connectivity index (χ2n) is 3.24. The Morgan fingerprint density at radius 3 is 2.69 bits per heavy atom. The van der Waals surface area contributed by atoms with Crippen molar-refractivity contribution < 1.29 is 9.31 Å². The summed E-state index contributed by atoms with van der Waals surface area (Å²) in [6.45, 7) is 0. The summed E-state index contributed by atoms with van der Waals surface area (Å²) in [7, 11) is 0. The SMILES string of the molecule is O=[N+]([O-])c1cc(C2CC2)ccc1F. The minimum Gasteiger partial charge on any atom is -0.258 e. The van der Waals surface area contributed by atoms with Gasteiger partial charge in [-0.3, -0.25) is 10.1 Å². The van der Waals surface area contributed by atoms with Crippen LogP contribution in [-0.4, -0.2) is 4.92 Å². The topological polar surface area (TPSA) is 43.1 Å². The lowest BCUT2D eigenvalue weighted by molar-refractivity contribution is -0.387. The fraction of sp³-hybridized carbons (Fsp3) is 0.333. The number of hydrogen-bond donors (Lipinski definition) is 0. The fourth-order valence-corrected chi connectivity index (χ4v) is 1.34. The lowest BCUT2D eigenvalue weighted by Crippen LogP contribution is -1.93. The van der Waals surface area contributed by atoms with Gasteiger partial charge in [0.2, 0.25) is 5.82 Å². The van der Waals surface area contributed by atoms with Gasteiger partial charge in [-0.2, -0.15) is 4.39 Å². The molecule has 4 heteroatoms. The molecular formula is C9H8FNO2. The molecule has 0 unspecified atom stereocenters. The molecule has 68 valence electrons. The van der Waals surface area contributed by atoms with Crippen molar-refractivity contribution in [3.63, 3.8) is 0 Å². The van der Waals surface area contributed by atoms with Gasteiger partial charge in [-0.05, 0) is 30.4 Å². The summed E-state index contributed by atoms with van der Waals surface area (Å²) in [5, 5.41) is 10.4. The van der Waals surface area contributed by atoms with Crippen molar-refractivity contribution in [3.05, 3.63) is 39.7 Å². The Kier molecular flexibility index (Phi) is 1.76. The molecule has 0 saturated heterocycles. The predicted octanol–water partition coefficient (Wildman–Crippen LogP) is 2.61. The third-order valence-corrected chi connectivity index (χ3v) is 2.22. The Balaban J connectivity index is 2.41. The molecule has 0 N–H and O–H groups in total.